The number of carbonyl (C=O) groups excluding carboxylic acids is 2. The summed E-state index contributed by atoms with van der Waals surface area (Å²) in [6, 6.07) is 0.172. The molecule has 1 aromatic heterocycles. The summed E-state index contributed by atoms with van der Waals surface area (Å²) in [6.07, 6.45) is 6.35. The molecule has 1 aliphatic rings. The highest BCUT2D eigenvalue weighted by molar-refractivity contribution is 5.89. The van der Waals surface area contributed by atoms with Crippen LogP contribution in [0.15, 0.2) is 6.08 Å². The number of hydrogen-bond donors (Lipinski definition) is 1. The minimum atomic E-state index is -0.525. The summed E-state index contributed by atoms with van der Waals surface area (Å²) in [5.74, 6) is 0.296. The van der Waals surface area contributed by atoms with Gasteiger partial charge in [-0.2, -0.15) is 5.10 Å². The van der Waals surface area contributed by atoms with Crippen molar-refractivity contribution < 1.29 is 14.3 Å². The van der Waals surface area contributed by atoms with Crippen molar-refractivity contribution in [2.45, 2.75) is 53.0 Å². The van der Waals surface area contributed by atoms with Gasteiger partial charge in [0.15, 0.2) is 6.61 Å². The van der Waals surface area contributed by atoms with Crippen molar-refractivity contribution in [3.8, 4) is 0 Å². The van der Waals surface area contributed by atoms with E-state index in [1.807, 2.05) is 20.9 Å². The van der Waals surface area contributed by atoms with Gasteiger partial charge in [0.05, 0.1) is 5.69 Å². The van der Waals surface area contributed by atoms with Crippen LogP contribution in [0.25, 0.3) is 6.08 Å². The van der Waals surface area contributed by atoms with Crippen LogP contribution < -0.4 is 5.32 Å². The van der Waals surface area contributed by atoms with E-state index in [4.69, 9.17) is 4.74 Å². The van der Waals surface area contributed by atoms with Gasteiger partial charge in [0.2, 0.25) is 0 Å². The standard InChI is InChI=1S/C19H29N3O3/c1-12-7-6-8-17(13(12)2)20-18(23)11-25-19(24)10-9-16-14(3)21-22(5)15(16)4/h9-10,12-13,17H,6-8,11H2,1-5H3,(H,20,23)/b10-9+/t12-,13+,17-/m1/s1. The molecule has 0 aromatic carbocycles. The lowest BCUT2D eigenvalue weighted by Crippen LogP contribution is -2.45. The number of aromatic nitrogens is 2. The fourth-order valence-electron chi connectivity index (χ4n) is 3.40. The molecule has 6 heteroatoms. The average molecular weight is 347 g/mol. The average Bonchev–Trinajstić information content (AvgIpc) is 2.80. The van der Waals surface area contributed by atoms with Crippen LogP contribution in [-0.4, -0.2) is 34.3 Å². The van der Waals surface area contributed by atoms with Gasteiger partial charge in [-0.1, -0.05) is 26.7 Å². The highest BCUT2D eigenvalue weighted by atomic mass is 16.5. The Kier molecular flexibility index (Phi) is 6.39. The van der Waals surface area contributed by atoms with Crippen LogP contribution in [-0.2, 0) is 21.4 Å². The lowest BCUT2D eigenvalue weighted by molar-refractivity contribution is -0.144. The van der Waals surface area contributed by atoms with E-state index in [1.165, 1.54) is 12.5 Å². The zero-order valence-corrected chi connectivity index (χ0v) is 15.8. The Balaban J connectivity index is 1.81. The summed E-state index contributed by atoms with van der Waals surface area (Å²) in [6.45, 7) is 7.96. The highest BCUT2D eigenvalue weighted by Gasteiger charge is 2.28. The van der Waals surface area contributed by atoms with E-state index in [0.717, 1.165) is 29.8 Å². The second-order valence-corrected chi connectivity index (χ2v) is 7.09. The number of hydrogen-bond acceptors (Lipinski definition) is 4. The maximum Gasteiger partial charge on any atom is 0.331 e. The minimum absolute atomic E-state index is 0.172. The van der Waals surface area contributed by atoms with Crippen molar-refractivity contribution in [2.75, 3.05) is 6.61 Å². The lowest BCUT2D eigenvalue weighted by atomic mass is 9.78. The van der Waals surface area contributed by atoms with Gasteiger partial charge in [-0.15, -0.1) is 0 Å². The number of carbonyl (C=O) groups is 2. The molecule has 0 radical (unpaired) electrons. The molecule has 1 amide bonds. The van der Waals surface area contributed by atoms with E-state index in [0.29, 0.717) is 11.8 Å². The topological polar surface area (TPSA) is 73.2 Å². The second-order valence-electron chi connectivity index (χ2n) is 7.09. The summed E-state index contributed by atoms with van der Waals surface area (Å²) >= 11 is 0. The van der Waals surface area contributed by atoms with Crippen LogP contribution in [0.2, 0.25) is 0 Å². The molecule has 0 saturated heterocycles. The Morgan fingerprint density at radius 2 is 2.04 bits per heavy atom. The first-order valence-corrected chi connectivity index (χ1v) is 8.94. The molecule has 1 N–H and O–H groups in total. The molecule has 1 saturated carbocycles. The molecule has 0 spiro atoms. The molecule has 25 heavy (non-hydrogen) atoms. The Morgan fingerprint density at radius 3 is 2.68 bits per heavy atom. The van der Waals surface area contributed by atoms with E-state index in [1.54, 1.807) is 10.8 Å². The Hall–Kier alpha value is -2.11. The van der Waals surface area contributed by atoms with Crippen molar-refractivity contribution in [1.29, 1.82) is 0 Å². The second kappa shape index (κ2) is 8.32. The van der Waals surface area contributed by atoms with Gasteiger partial charge >= 0.3 is 5.97 Å². The zero-order chi connectivity index (χ0) is 18.6. The van der Waals surface area contributed by atoms with Crippen LogP contribution in [0.1, 0.15) is 50.1 Å². The van der Waals surface area contributed by atoms with E-state index in [-0.39, 0.29) is 18.6 Å². The van der Waals surface area contributed by atoms with Gasteiger partial charge in [0.25, 0.3) is 5.91 Å². The monoisotopic (exact) mass is 347 g/mol. The van der Waals surface area contributed by atoms with Crippen LogP contribution in [0.5, 0.6) is 0 Å². The van der Waals surface area contributed by atoms with Crippen LogP contribution >= 0.6 is 0 Å². The molecule has 0 aliphatic heterocycles. The van der Waals surface area contributed by atoms with Gasteiger partial charge in [-0.3, -0.25) is 9.48 Å². The molecule has 0 unspecified atom stereocenters. The van der Waals surface area contributed by atoms with Crippen molar-refractivity contribution in [3.63, 3.8) is 0 Å². The fourth-order valence-corrected chi connectivity index (χ4v) is 3.40. The van der Waals surface area contributed by atoms with Crippen molar-refractivity contribution in [2.24, 2.45) is 18.9 Å². The fraction of sp³-hybridized carbons (Fsp3) is 0.632. The Morgan fingerprint density at radius 1 is 1.32 bits per heavy atom. The lowest BCUT2D eigenvalue weighted by Gasteiger charge is -2.34. The van der Waals surface area contributed by atoms with E-state index in [9.17, 15) is 9.59 Å². The zero-order valence-electron chi connectivity index (χ0n) is 15.8. The number of nitrogens with zero attached hydrogens (tertiary/aromatic N) is 2. The molecule has 1 heterocycles. The van der Waals surface area contributed by atoms with E-state index < -0.39 is 5.97 Å². The smallest absolute Gasteiger partial charge is 0.331 e. The molecule has 6 nitrogen and oxygen atoms in total. The number of rotatable bonds is 5. The molecular formula is C19H29N3O3. The maximum absolute atomic E-state index is 12.0. The normalized spacial score (nSPS) is 23.6. The van der Waals surface area contributed by atoms with Gasteiger partial charge in [-0.25, -0.2) is 4.79 Å². The first-order valence-electron chi connectivity index (χ1n) is 8.94. The van der Waals surface area contributed by atoms with Crippen LogP contribution in [0.4, 0.5) is 0 Å². The summed E-state index contributed by atoms with van der Waals surface area (Å²) in [5, 5.41) is 7.29. The maximum atomic E-state index is 12.0. The summed E-state index contributed by atoms with van der Waals surface area (Å²) in [4.78, 5) is 23.9. The van der Waals surface area contributed by atoms with E-state index in [2.05, 4.69) is 24.3 Å². The summed E-state index contributed by atoms with van der Waals surface area (Å²) < 4.78 is 6.81. The molecular weight excluding hydrogens is 318 g/mol. The first-order chi connectivity index (χ1) is 11.8. The van der Waals surface area contributed by atoms with Crippen molar-refractivity contribution >= 4 is 18.0 Å². The molecule has 3 atom stereocenters. The number of aryl methyl sites for hydroxylation is 2. The van der Waals surface area contributed by atoms with E-state index >= 15 is 0 Å². The number of amides is 1. The third-order valence-corrected chi connectivity index (χ3v) is 5.35. The van der Waals surface area contributed by atoms with Crippen molar-refractivity contribution in [1.82, 2.24) is 15.1 Å². The first kappa shape index (κ1) is 19.2. The predicted octanol–water partition coefficient (Wildman–Crippen LogP) is 2.53. The Bertz CT molecular complexity index is 663. The van der Waals surface area contributed by atoms with Gasteiger partial charge in [0.1, 0.15) is 0 Å². The molecule has 2 rings (SSSR count). The van der Waals surface area contributed by atoms with Gasteiger partial charge in [-0.05, 0) is 38.2 Å². The number of esters is 1. The molecule has 1 fully saturated rings. The molecule has 0 bridgehead atoms. The highest BCUT2D eigenvalue weighted by Crippen LogP contribution is 2.29. The molecule has 1 aliphatic carbocycles. The van der Waals surface area contributed by atoms with Gasteiger partial charge < -0.3 is 10.1 Å². The quantitative estimate of drug-likeness (QED) is 0.656. The largest absolute Gasteiger partial charge is 0.452 e. The van der Waals surface area contributed by atoms with Crippen molar-refractivity contribution in [3.05, 3.63) is 23.0 Å². The van der Waals surface area contributed by atoms with Gasteiger partial charge in [0, 0.05) is 30.4 Å². The molecule has 1 aromatic rings. The Labute approximate surface area is 149 Å². The predicted molar refractivity (Wildman–Crippen MR) is 96.8 cm³/mol. The molecule has 138 valence electrons. The number of ether oxygens (including phenoxy) is 1. The third kappa shape index (κ3) is 4.94. The van der Waals surface area contributed by atoms with Crippen LogP contribution in [0, 0.1) is 25.7 Å². The minimum Gasteiger partial charge on any atom is -0.452 e. The van der Waals surface area contributed by atoms with Crippen LogP contribution in [0.3, 0.4) is 0 Å². The number of nitrogens with one attached hydrogen (secondary N) is 1. The summed E-state index contributed by atoms with van der Waals surface area (Å²) in [5.41, 5.74) is 2.72. The SMILES string of the molecule is Cc1nn(C)c(C)c1/C=C/C(=O)OCC(=O)N[C@@H]1CCC[C@@H](C)[C@@H]1C. The third-order valence-electron chi connectivity index (χ3n) is 5.35. The summed E-state index contributed by atoms with van der Waals surface area (Å²) in [7, 11) is 1.86.